The maximum Gasteiger partial charge on any atom is 0.276 e. The number of nitrogens with zero attached hydrogens (tertiary/aromatic N) is 2. The number of aromatic nitrogens is 1. The van der Waals surface area contributed by atoms with Crippen molar-refractivity contribution in [3.63, 3.8) is 0 Å². The first-order valence-electron chi connectivity index (χ1n) is 5.61. The fraction of sp³-hybridized carbons (Fsp3) is 0.636. The zero-order valence-electron chi connectivity index (χ0n) is 10.1. The summed E-state index contributed by atoms with van der Waals surface area (Å²) in [5.41, 5.74) is 0.417. The third-order valence-electron chi connectivity index (χ3n) is 2.92. The van der Waals surface area contributed by atoms with Crippen LogP contribution in [0.15, 0.2) is 10.6 Å². The number of rotatable bonds is 3. The molecule has 1 saturated heterocycles. The lowest BCUT2D eigenvalue weighted by Gasteiger charge is -2.23. The predicted octanol–water partition coefficient (Wildman–Crippen LogP) is 1.23. The highest BCUT2D eigenvalue weighted by molar-refractivity contribution is 5.92. The topological polar surface area (TPSA) is 58.4 Å². The summed E-state index contributed by atoms with van der Waals surface area (Å²) in [6, 6.07) is 1.98. The Balaban J connectivity index is 0.00000144. The fourth-order valence-electron chi connectivity index (χ4n) is 2.17. The molecule has 2 rings (SSSR count). The van der Waals surface area contributed by atoms with Gasteiger partial charge in [0.05, 0.1) is 0 Å². The van der Waals surface area contributed by atoms with Crippen LogP contribution >= 0.6 is 12.4 Å². The molecule has 1 aromatic heterocycles. The molecule has 6 heteroatoms. The third kappa shape index (κ3) is 2.98. The van der Waals surface area contributed by atoms with Gasteiger partial charge in [0.25, 0.3) is 5.91 Å². The number of nitrogens with one attached hydrogen (secondary N) is 1. The summed E-state index contributed by atoms with van der Waals surface area (Å²) >= 11 is 0. The van der Waals surface area contributed by atoms with Gasteiger partial charge in [0, 0.05) is 25.2 Å². The minimum atomic E-state index is -0.0189. The van der Waals surface area contributed by atoms with Crippen LogP contribution in [-0.4, -0.2) is 42.1 Å². The summed E-state index contributed by atoms with van der Waals surface area (Å²) < 4.78 is 4.93. The molecule has 96 valence electrons. The molecule has 5 nitrogen and oxygen atoms in total. The SMILES string of the molecule is CNCC1CCCN1C(=O)c1cc(C)on1.Cl. The van der Waals surface area contributed by atoms with Crippen LogP contribution in [-0.2, 0) is 0 Å². The lowest BCUT2D eigenvalue weighted by molar-refractivity contribution is 0.0726. The average molecular weight is 260 g/mol. The number of likely N-dealkylation sites (N-methyl/N-ethyl adjacent to an activating group) is 1. The van der Waals surface area contributed by atoms with Crippen molar-refractivity contribution in [2.75, 3.05) is 20.1 Å². The zero-order chi connectivity index (χ0) is 11.5. The number of likely N-dealkylation sites (tertiary alicyclic amines) is 1. The van der Waals surface area contributed by atoms with E-state index in [0.717, 1.165) is 25.9 Å². The van der Waals surface area contributed by atoms with Crippen LogP contribution < -0.4 is 5.32 Å². The summed E-state index contributed by atoms with van der Waals surface area (Å²) in [6.45, 7) is 3.44. The molecular formula is C11H18ClN3O2. The molecule has 1 unspecified atom stereocenters. The van der Waals surface area contributed by atoms with E-state index >= 15 is 0 Å². The number of hydrogen-bond acceptors (Lipinski definition) is 4. The lowest BCUT2D eigenvalue weighted by Crippen LogP contribution is -2.40. The Morgan fingerprint density at radius 1 is 1.71 bits per heavy atom. The summed E-state index contributed by atoms with van der Waals surface area (Å²) in [5, 5.41) is 6.88. The van der Waals surface area contributed by atoms with E-state index in [9.17, 15) is 4.79 Å². The standard InChI is InChI=1S/C11H17N3O2.ClH/c1-8-6-10(13-16-8)11(15)14-5-3-4-9(14)7-12-2;/h6,9,12H,3-5,7H2,1-2H3;1H. The van der Waals surface area contributed by atoms with Crippen LogP contribution in [0.4, 0.5) is 0 Å². The average Bonchev–Trinajstić information content (AvgIpc) is 2.87. The molecule has 1 atom stereocenters. The smallest absolute Gasteiger partial charge is 0.276 e. The van der Waals surface area contributed by atoms with Crippen molar-refractivity contribution < 1.29 is 9.32 Å². The fourth-order valence-corrected chi connectivity index (χ4v) is 2.17. The number of carbonyl (C=O) groups excluding carboxylic acids is 1. The highest BCUT2D eigenvalue weighted by Gasteiger charge is 2.30. The van der Waals surface area contributed by atoms with Crippen molar-refractivity contribution in [1.29, 1.82) is 0 Å². The maximum absolute atomic E-state index is 12.1. The number of amides is 1. The molecule has 0 aromatic carbocycles. The van der Waals surface area contributed by atoms with Gasteiger partial charge in [-0.15, -0.1) is 12.4 Å². The Morgan fingerprint density at radius 3 is 3.06 bits per heavy atom. The summed E-state index contributed by atoms with van der Waals surface area (Å²) in [7, 11) is 1.90. The number of hydrogen-bond donors (Lipinski definition) is 1. The van der Waals surface area contributed by atoms with Crippen LogP contribution in [0.5, 0.6) is 0 Å². The minimum Gasteiger partial charge on any atom is -0.361 e. The van der Waals surface area contributed by atoms with E-state index in [-0.39, 0.29) is 24.4 Å². The molecule has 1 aliphatic rings. The second-order valence-corrected chi connectivity index (χ2v) is 4.18. The summed E-state index contributed by atoms with van der Waals surface area (Å²) in [5.74, 6) is 0.655. The van der Waals surface area contributed by atoms with Gasteiger partial charge in [-0.1, -0.05) is 5.16 Å². The van der Waals surface area contributed by atoms with E-state index in [1.165, 1.54) is 0 Å². The molecular weight excluding hydrogens is 242 g/mol. The van der Waals surface area contributed by atoms with Crippen molar-refractivity contribution in [3.8, 4) is 0 Å². The van der Waals surface area contributed by atoms with E-state index in [2.05, 4.69) is 10.5 Å². The molecule has 0 spiro atoms. The van der Waals surface area contributed by atoms with Crippen LogP contribution in [0.3, 0.4) is 0 Å². The molecule has 0 bridgehead atoms. The molecule has 1 amide bonds. The molecule has 1 aromatic rings. The highest BCUT2D eigenvalue weighted by Crippen LogP contribution is 2.19. The number of aryl methyl sites for hydroxylation is 1. The van der Waals surface area contributed by atoms with Gasteiger partial charge in [-0.25, -0.2) is 0 Å². The monoisotopic (exact) mass is 259 g/mol. The third-order valence-corrected chi connectivity index (χ3v) is 2.92. The summed E-state index contributed by atoms with van der Waals surface area (Å²) in [4.78, 5) is 14.0. The van der Waals surface area contributed by atoms with Crippen LogP contribution in [0.25, 0.3) is 0 Å². The van der Waals surface area contributed by atoms with E-state index < -0.39 is 0 Å². The van der Waals surface area contributed by atoms with Gasteiger partial charge in [0.15, 0.2) is 5.69 Å². The highest BCUT2D eigenvalue weighted by atomic mass is 35.5. The van der Waals surface area contributed by atoms with Gasteiger partial charge in [0.2, 0.25) is 0 Å². The van der Waals surface area contributed by atoms with Gasteiger partial charge >= 0.3 is 0 Å². The van der Waals surface area contributed by atoms with E-state index in [0.29, 0.717) is 11.5 Å². The Labute approximate surface area is 107 Å². The molecule has 1 fully saturated rings. The Kier molecular flexibility index (Phi) is 4.96. The number of carbonyl (C=O) groups is 1. The summed E-state index contributed by atoms with van der Waals surface area (Å²) in [6.07, 6.45) is 2.12. The Morgan fingerprint density at radius 2 is 2.47 bits per heavy atom. The molecule has 0 saturated carbocycles. The molecule has 0 aliphatic carbocycles. The quantitative estimate of drug-likeness (QED) is 0.887. The maximum atomic E-state index is 12.1. The van der Waals surface area contributed by atoms with E-state index in [4.69, 9.17) is 4.52 Å². The first-order valence-corrected chi connectivity index (χ1v) is 5.61. The Bertz CT molecular complexity index is 381. The van der Waals surface area contributed by atoms with Crippen LogP contribution in [0.1, 0.15) is 29.1 Å². The Hall–Kier alpha value is -1.07. The van der Waals surface area contributed by atoms with Crippen molar-refractivity contribution in [3.05, 3.63) is 17.5 Å². The van der Waals surface area contributed by atoms with Gasteiger partial charge in [0.1, 0.15) is 5.76 Å². The lowest BCUT2D eigenvalue weighted by atomic mass is 10.2. The minimum absolute atomic E-state index is 0. The van der Waals surface area contributed by atoms with Crippen molar-refractivity contribution in [2.24, 2.45) is 0 Å². The predicted molar refractivity (Wildman–Crippen MR) is 66.5 cm³/mol. The molecule has 0 radical (unpaired) electrons. The molecule has 1 N–H and O–H groups in total. The van der Waals surface area contributed by atoms with E-state index in [1.807, 2.05) is 11.9 Å². The van der Waals surface area contributed by atoms with Gasteiger partial charge in [-0.05, 0) is 26.8 Å². The van der Waals surface area contributed by atoms with Crippen molar-refractivity contribution in [2.45, 2.75) is 25.8 Å². The first kappa shape index (κ1) is 14.0. The van der Waals surface area contributed by atoms with Crippen LogP contribution in [0, 0.1) is 6.92 Å². The van der Waals surface area contributed by atoms with Gasteiger partial charge in [-0.3, -0.25) is 4.79 Å². The normalized spacial score (nSPS) is 19.2. The van der Waals surface area contributed by atoms with Crippen molar-refractivity contribution in [1.82, 2.24) is 15.4 Å². The van der Waals surface area contributed by atoms with Crippen LogP contribution in [0.2, 0.25) is 0 Å². The largest absolute Gasteiger partial charge is 0.361 e. The molecule has 17 heavy (non-hydrogen) atoms. The molecule has 2 heterocycles. The second-order valence-electron chi connectivity index (χ2n) is 4.18. The van der Waals surface area contributed by atoms with E-state index in [1.54, 1.807) is 13.0 Å². The number of halogens is 1. The first-order chi connectivity index (χ1) is 7.72. The van der Waals surface area contributed by atoms with Gasteiger partial charge < -0.3 is 14.7 Å². The van der Waals surface area contributed by atoms with Gasteiger partial charge in [-0.2, -0.15) is 0 Å². The zero-order valence-corrected chi connectivity index (χ0v) is 10.9. The van der Waals surface area contributed by atoms with Crippen molar-refractivity contribution >= 4 is 18.3 Å². The second kappa shape index (κ2) is 6.02. The molecule has 1 aliphatic heterocycles.